The van der Waals surface area contributed by atoms with Crippen molar-refractivity contribution < 1.29 is 17.9 Å². The second kappa shape index (κ2) is 8.97. The first-order valence-electron chi connectivity index (χ1n) is 9.40. The molecule has 2 saturated heterocycles. The van der Waals surface area contributed by atoms with Gasteiger partial charge in [-0.2, -0.15) is 0 Å². The first-order chi connectivity index (χ1) is 12.5. The average molecular weight is 381 g/mol. The number of hydrogen-bond acceptors (Lipinski definition) is 5. The maximum absolute atomic E-state index is 12.4. The Balaban J connectivity index is 1.42. The van der Waals surface area contributed by atoms with Crippen LogP contribution in [0.15, 0.2) is 35.2 Å². The number of sulfone groups is 1. The molecule has 0 atom stereocenters. The van der Waals surface area contributed by atoms with Crippen LogP contribution in [0.2, 0.25) is 0 Å². The summed E-state index contributed by atoms with van der Waals surface area (Å²) in [5.74, 6) is 0.448. The monoisotopic (exact) mass is 380 g/mol. The standard InChI is InChI=1S/C19H28N2O4S/c22-19(8-15-26(23,24)18-4-2-1-3-5-18)21-9-6-17(7-10-21)16-20-11-13-25-14-12-20/h1-5,17H,6-16H2. The van der Waals surface area contributed by atoms with Crippen LogP contribution in [0.1, 0.15) is 19.3 Å². The fraction of sp³-hybridized carbons (Fsp3) is 0.632. The Morgan fingerprint density at radius 1 is 1.04 bits per heavy atom. The van der Waals surface area contributed by atoms with Gasteiger partial charge in [-0.05, 0) is 30.9 Å². The quantitative estimate of drug-likeness (QED) is 0.747. The number of nitrogens with zero attached hydrogens (tertiary/aromatic N) is 2. The highest BCUT2D eigenvalue weighted by molar-refractivity contribution is 7.91. The molecule has 7 heteroatoms. The topological polar surface area (TPSA) is 66.9 Å². The lowest BCUT2D eigenvalue weighted by Gasteiger charge is -2.36. The van der Waals surface area contributed by atoms with Crippen molar-refractivity contribution in [1.29, 1.82) is 0 Å². The van der Waals surface area contributed by atoms with Crippen molar-refractivity contribution in [3.8, 4) is 0 Å². The van der Waals surface area contributed by atoms with Crippen LogP contribution in [0, 0.1) is 5.92 Å². The van der Waals surface area contributed by atoms with Crippen LogP contribution in [-0.4, -0.2) is 75.8 Å². The third kappa shape index (κ3) is 5.28. The van der Waals surface area contributed by atoms with Gasteiger partial charge >= 0.3 is 0 Å². The smallest absolute Gasteiger partial charge is 0.223 e. The van der Waals surface area contributed by atoms with Gasteiger partial charge in [0.15, 0.2) is 9.84 Å². The molecule has 1 aromatic rings. The molecule has 0 spiro atoms. The van der Waals surface area contributed by atoms with Crippen LogP contribution in [0.25, 0.3) is 0 Å². The van der Waals surface area contributed by atoms with Crippen LogP contribution in [-0.2, 0) is 19.4 Å². The number of rotatable bonds is 6. The average Bonchev–Trinajstić information content (AvgIpc) is 2.68. The normalized spacial score (nSPS) is 20.2. The van der Waals surface area contributed by atoms with E-state index in [0.717, 1.165) is 58.8 Å². The Bertz CT molecular complexity index is 679. The Kier molecular flexibility index (Phi) is 6.67. The van der Waals surface area contributed by atoms with Crippen LogP contribution >= 0.6 is 0 Å². The van der Waals surface area contributed by atoms with Crippen molar-refractivity contribution >= 4 is 15.7 Å². The summed E-state index contributed by atoms with van der Waals surface area (Å²) >= 11 is 0. The van der Waals surface area contributed by atoms with Crippen LogP contribution in [0.3, 0.4) is 0 Å². The molecule has 26 heavy (non-hydrogen) atoms. The van der Waals surface area contributed by atoms with E-state index in [1.54, 1.807) is 30.3 Å². The van der Waals surface area contributed by atoms with E-state index in [1.165, 1.54) is 0 Å². The van der Waals surface area contributed by atoms with Crippen molar-refractivity contribution in [2.75, 3.05) is 51.7 Å². The van der Waals surface area contributed by atoms with Gasteiger partial charge in [0, 0.05) is 39.1 Å². The number of amides is 1. The van der Waals surface area contributed by atoms with Gasteiger partial charge in [0.05, 0.1) is 23.9 Å². The minimum Gasteiger partial charge on any atom is -0.379 e. The van der Waals surface area contributed by atoms with Gasteiger partial charge in [0.1, 0.15) is 0 Å². The molecule has 2 heterocycles. The predicted molar refractivity (Wildman–Crippen MR) is 99.7 cm³/mol. The molecule has 0 N–H and O–H groups in total. The number of hydrogen-bond donors (Lipinski definition) is 0. The number of likely N-dealkylation sites (tertiary alicyclic amines) is 1. The highest BCUT2D eigenvalue weighted by atomic mass is 32.2. The van der Waals surface area contributed by atoms with Crippen molar-refractivity contribution in [3.05, 3.63) is 30.3 Å². The molecule has 0 unspecified atom stereocenters. The van der Waals surface area contributed by atoms with E-state index in [2.05, 4.69) is 4.90 Å². The van der Waals surface area contributed by atoms with Gasteiger partial charge in [-0.3, -0.25) is 9.69 Å². The molecule has 1 aromatic carbocycles. The first kappa shape index (κ1) is 19.3. The number of carbonyl (C=O) groups is 1. The number of ether oxygens (including phenoxy) is 1. The number of morpholine rings is 1. The fourth-order valence-electron chi connectivity index (χ4n) is 3.64. The summed E-state index contributed by atoms with van der Waals surface area (Å²) in [5, 5.41) is 0. The second-order valence-corrected chi connectivity index (χ2v) is 9.23. The molecule has 144 valence electrons. The summed E-state index contributed by atoms with van der Waals surface area (Å²) in [4.78, 5) is 17.0. The summed E-state index contributed by atoms with van der Waals surface area (Å²) in [6.07, 6.45) is 2.05. The fourth-order valence-corrected chi connectivity index (χ4v) is 4.89. The lowest BCUT2D eigenvalue weighted by molar-refractivity contribution is -0.132. The van der Waals surface area contributed by atoms with Gasteiger partial charge in [-0.1, -0.05) is 18.2 Å². The van der Waals surface area contributed by atoms with Crippen molar-refractivity contribution in [2.45, 2.75) is 24.2 Å². The maximum atomic E-state index is 12.4. The van der Waals surface area contributed by atoms with E-state index in [1.807, 2.05) is 4.90 Å². The largest absolute Gasteiger partial charge is 0.379 e. The number of piperidine rings is 1. The minimum absolute atomic E-state index is 0.0469. The van der Waals surface area contributed by atoms with Crippen molar-refractivity contribution in [1.82, 2.24) is 9.80 Å². The van der Waals surface area contributed by atoms with E-state index >= 15 is 0 Å². The van der Waals surface area contributed by atoms with Gasteiger partial charge in [0.2, 0.25) is 5.91 Å². The Morgan fingerprint density at radius 2 is 1.69 bits per heavy atom. The van der Waals surface area contributed by atoms with E-state index in [9.17, 15) is 13.2 Å². The Morgan fingerprint density at radius 3 is 2.35 bits per heavy atom. The lowest BCUT2D eigenvalue weighted by atomic mass is 9.96. The zero-order valence-electron chi connectivity index (χ0n) is 15.2. The van der Waals surface area contributed by atoms with Crippen LogP contribution in [0.5, 0.6) is 0 Å². The zero-order valence-corrected chi connectivity index (χ0v) is 16.0. The van der Waals surface area contributed by atoms with Crippen LogP contribution in [0.4, 0.5) is 0 Å². The molecule has 0 aromatic heterocycles. The number of benzene rings is 1. The van der Waals surface area contributed by atoms with Crippen molar-refractivity contribution in [3.63, 3.8) is 0 Å². The zero-order chi connectivity index (χ0) is 18.4. The Labute approximate surface area is 156 Å². The molecular formula is C19H28N2O4S. The maximum Gasteiger partial charge on any atom is 0.223 e. The minimum atomic E-state index is -3.39. The highest BCUT2D eigenvalue weighted by Crippen LogP contribution is 2.20. The lowest BCUT2D eigenvalue weighted by Crippen LogP contribution is -2.44. The SMILES string of the molecule is O=C(CCS(=O)(=O)c1ccccc1)N1CCC(CN2CCOCC2)CC1. The van der Waals surface area contributed by atoms with E-state index in [-0.39, 0.29) is 23.0 Å². The third-order valence-electron chi connectivity index (χ3n) is 5.27. The van der Waals surface area contributed by atoms with E-state index < -0.39 is 9.84 Å². The molecule has 0 bridgehead atoms. The molecule has 0 radical (unpaired) electrons. The molecule has 2 aliphatic heterocycles. The molecule has 0 aliphatic carbocycles. The number of carbonyl (C=O) groups excluding carboxylic acids is 1. The molecule has 3 rings (SSSR count). The molecule has 0 saturated carbocycles. The van der Waals surface area contributed by atoms with Gasteiger partial charge in [-0.25, -0.2) is 8.42 Å². The van der Waals surface area contributed by atoms with Crippen LogP contribution < -0.4 is 0 Å². The highest BCUT2D eigenvalue weighted by Gasteiger charge is 2.26. The second-order valence-electron chi connectivity index (χ2n) is 7.12. The van der Waals surface area contributed by atoms with Gasteiger partial charge < -0.3 is 9.64 Å². The first-order valence-corrected chi connectivity index (χ1v) is 11.1. The molecule has 2 aliphatic rings. The molecule has 1 amide bonds. The predicted octanol–water partition coefficient (Wildman–Crippen LogP) is 1.42. The summed E-state index contributed by atoms with van der Waals surface area (Å²) in [5.41, 5.74) is 0. The third-order valence-corrected chi connectivity index (χ3v) is 7.01. The summed E-state index contributed by atoms with van der Waals surface area (Å²) in [7, 11) is -3.39. The van der Waals surface area contributed by atoms with Gasteiger partial charge in [0.25, 0.3) is 0 Å². The summed E-state index contributed by atoms with van der Waals surface area (Å²) in [6, 6.07) is 8.35. The Hall–Kier alpha value is -1.44. The van der Waals surface area contributed by atoms with Crippen molar-refractivity contribution in [2.24, 2.45) is 5.92 Å². The molecular weight excluding hydrogens is 352 g/mol. The van der Waals surface area contributed by atoms with E-state index in [0.29, 0.717) is 5.92 Å². The summed E-state index contributed by atoms with van der Waals surface area (Å²) in [6.45, 7) is 6.17. The summed E-state index contributed by atoms with van der Waals surface area (Å²) < 4.78 is 30.0. The van der Waals surface area contributed by atoms with Gasteiger partial charge in [-0.15, -0.1) is 0 Å². The molecule has 6 nitrogen and oxygen atoms in total. The molecule has 2 fully saturated rings. The van der Waals surface area contributed by atoms with E-state index in [4.69, 9.17) is 4.74 Å².